The Bertz CT molecular complexity index is 735. The number of nitrogens with one attached hydrogen (secondary N) is 2. The minimum atomic E-state index is 0.0273. The molecule has 2 heterocycles. The van der Waals surface area contributed by atoms with Gasteiger partial charge >= 0.3 is 0 Å². The molecule has 1 fully saturated rings. The van der Waals surface area contributed by atoms with Crippen LogP contribution in [-0.2, 0) is 16.1 Å². The van der Waals surface area contributed by atoms with Gasteiger partial charge in [0, 0.05) is 12.2 Å². The maximum atomic E-state index is 12.0. The molecule has 0 bridgehead atoms. The Labute approximate surface area is 167 Å². The lowest BCUT2D eigenvalue weighted by molar-refractivity contribution is -0.129. The Kier molecular flexibility index (Phi) is 8.75. The minimum Gasteiger partial charge on any atom is -0.463 e. The van der Waals surface area contributed by atoms with Gasteiger partial charge in [-0.15, -0.1) is 0 Å². The first-order chi connectivity index (χ1) is 13.5. The first kappa shape index (κ1) is 21.7. The van der Waals surface area contributed by atoms with Gasteiger partial charge in [0.15, 0.2) is 0 Å². The molecule has 1 aliphatic rings. The molecule has 0 spiro atoms. The number of aromatic amines is 1. The molecule has 6 heteroatoms. The lowest BCUT2D eigenvalue weighted by atomic mass is 9.97. The molecule has 0 saturated carbocycles. The van der Waals surface area contributed by atoms with E-state index in [1.807, 2.05) is 50.2 Å². The molecule has 1 amide bonds. The van der Waals surface area contributed by atoms with Crippen molar-refractivity contribution in [3.63, 3.8) is 0 Å². The standard InChI is InChI=1S/C14H23N3O.C8H8O2/c1-10-8-11(2)16-13(10)14(18)15-9-12-4-6-17(3)7-5-12;9-7-10-6-8-4-2-1-3-5-8/h8,12,16H,4-7,9H2,1-3H3,(H,15,18);1-5,7H,6H2. The number of benzene rings is 1. The van der Waals surface area contributed by atoms with E-state index < -0.39 is 0 Å². The molecule has 2 aromatic rings. The summed E-state index contributed by atoms with van der Waals surface area (Å²) in [5, 5.41) is 3.05. The number of rotatable bonds is 6. The average molecular weight is 386 g/mol. The van der Waals surface area contributed by atoms with Crippen LogP contribution in [0, 0.1) is 19.8 Å². The minimum absolute atomic E-state index is 0.0273. The highest BCUT2D eigenvalue weighted by Crippen LogP contribution is 2.15. The lowest BCUT2D eigenvalue weighted by Gasteiger charge is -2.28. The van der Waals surface area contributed by atoms with E-state index in [1.165, 1.54) is 12.8 Å². The summed E-state index contributed by atoms with van der Waals surface area (Å²) in [6.45, 7) is 7.83. The molecule has 6 nitrogen and oxygen atoms in total. The molecule has 1 saturated heterocycles. The Morgan fingerprint density at radius 1 is 1.25 bits per heavy atom. The van der Waals surface area contributed by atoms with Gasteiger partial charge < -0.3 is 19.9 Å². The summed E-state index contributed by atoms with van der Waals surface area (Å²) >= 11 is 0. The molecule has 0 unspecified atom stereocenters. The van der Waals surface area contributed by atoms with Crippen LogP contribution >= 0.6 is 0 Å². The van der Waals surface area contributed by atoms with E-state index >= 15 is 0 Å². The third kappa shape index (κ3) is 7.19. The zero-order valence-corrected chi connectivity index (χ0v) is 17.0. The highest BCUT2D eigenvalue weighted by atomic mass is 16.5. The van der Waals surface area contributed by atoms with Gasteiger partial charge in [0.05, 0.1) is 0 Å². The first-order valence-corrected chi connectivity index (χ1v) is 9.71. The van der Waals surface area contributed by atoms with E-state index in [9.17, 15) is 9.59 Å². The molecular weight excluding hydrogens is 354 g/mol. The van der Waals surface area contributed by atoms with Gasteiger partial charge in [-0.2, -0.15) is 0 Å². The number of piperidine rings is 1. The zero-order valence-electron chi connectivity index (χ0n) is 17.0. The fourth-order valence-corrected chi connectivity index (χ4v) is 3.26. The van der Waals surface area contributed by atoms with Crippen LogP contribution in [0.1, 0.15) is 40.2 Å². The van der Waals surface area contributed by atoms with Crippen molar-refractivity contribution < 1.29 is 14.3 Å². The van der Waals surface area contributed by atoms with Crippen molar-refractivity contribution in [2.24, 2.45) is 5.92 Å². The van der Waals surface area contributed by atoms with Crippen molar-refractivity contribution in [2.45, 2.75) is 33.3 Å². The summed E-state index contributed by atoms with van der Waals surface area (Å²) in [4.78, 5) is 27.3. The molecule has 3 rings (SSSR count). The van der Waals surface area contributed by atoms with Gasteiger partial charge in [0.25, 0.3) is 12.4 Å². The van der Waals surface area contributed by atoms with Gasteiger partial charge in [-0.05, 0) is 69.9 Å². The average Bonchev–Trinajstić information content (AvgIpc) is 3.05. The largest absolute Gasteiger partial charge is 0.463 e. The summed E-state index contributed by atoms with van der Waals surface area (Å²) in [6, 6.07) is 11.6. The van der Waals surface area contributed by atoms with Crippen molar-refractivity contribution in [1.29, 1.82) is 0 Å². The number of ether oxygens (including phenoxy) is 1. The number of nitrogens with zero attached hydrogens (tertiary/aromatic N) is 1. The van der Waals surface area contributed by atoms with Crippen molar-refractivity contribution in [3.8, 4) is 0 Å². The van der Waals surface area contributed by atoms with Gasteiger partial charge in [-0.25, -0.2) is 0 Å². The Morgan fingerprint density at radius 3 is 2.50 bits per heavy atom. The van der Waals surface area contributed by atoms with Crippen molar-refractivity contribution in [1.82, 2.24) is 15.2 Å². The maximum absolute atomic E-state index is 12.0. The van der Waals surface area contributed by atoms with Crippen LogP contribution < -0.4 is 5.32 Å². The zero-order chi connectivity index (χ0) is 20.4. The molecule has 152 valence electrons. The lowest BCUT2D eigenvalue weighted by Crippen LogP contribution is -2.37. The highest BCUT2D eigenvalue weighted by Gasteiger charge is 2.18. The monoisotopic (exact) mass is 385 g/mol. The van der Waals surface area contributed by atoms with Gasteiger partial charge in [-0.3, -0.25) is 9.59 Å². The van der Waals surface area contributed by atoms with E-state index in [1.54, 1.807) is 0 Å². The number of aryl methyl sites for hydroxylation is 2. The summed E-state index contributed by atoms with van der Waals surface area (Å²) in [6.07, 6.45) is 2.36. The Balaban J connectivity index is 0.000000237. The van der Waals surface area contributed by atoms with Crippen LogP contribution in [-0.4, -0.2) is 48.9 Å². The topological polar surface area (TPSA) is 74.4 Å². The smallest absolute Gasteiger partial charge is 0.293 e. The summed E-state index contributed by atoms with van der Waals surface area (Å²) < 4.78 is 4.54. The number of hydrogen-bond acceptors (Lipinski definition) is 4. The van der Waals surface area contributed by atoms with Crippen LogP contribution in [0.15, 0.2) is 36.4 Å². The summed E-state index contributed by atoms with van der Waals surface area (Å²) in [5.41, 5.74) is 3.78. The molecule has 0 radical (unpaired) electrons. The van der Waals surface area contributed by atoms with E-state index in [0.717, 1.165) is 36.5 Å². The Morgan fingerprint density at radius 2 is 1.93 bits per heavy atom. The molecule has 28 heavy (non-hydrogen) atoms. The van der Waals surface area contributed by atoms with Crippen molar-refractivity contribution >= 4 is 12.4 Å². The predicted molar refractivity (Wildman–Crippen MR) is 110 cm³/mol. The SMILES string of the molecule is Cc1cc(C)c(C(=O)NCC2CCN(C)CC2)[nH]1.O=COCc1ccccc1. The fourth-order valence-electron chi connectivity index (χ4n) is 3.26. The maximum Gasteiger partial charge on any atom is 0.293 e. The number of hydrogen-bond donors (Lipinski definition) is 2. The van der Waals surface area contributed by atoms with Crippen LogP contribution in [0.5, 0.6) is 0 Å². The molecular formula is C22H31N3O3. The summed E-state index contributed by atoms with van der Waals surface area (Å²) in [5.74, 6) is 0.654. The number of H-pyrrole nitrogens is 1. The third-order valence-corrected chi connectivity index (χ3v) is 4.93. The van der Waals surface area contributed by atoms with Crippen LogP contribution in [0.3, 0.4) is 0 Å². The number of carbonyl (C=O) groups excluding carboxylic acids is 2. The second-order valence-electron chi connectivity index (χ2n) is 7.36. The first-order valence-electron chi connectivity index (χ1n) is 9.71. The molecule has 1 aliphatic heterocycles. The van der Waals surface area contributed by atoms with Crippen LogP contribution in [0.2, 0.25) is 0 Å². The van der Waals surface area contributed by atoms with Crippen LogP contribution in [0.4, 0.5) is 0 Å². The normalized spacial score (nSPS) is 14.7. The highest BCUT2D eigenvalue weighted by molar-refractivity contribution is 5.93. The molecule has 0 aliphatic carbocycles. The van der Waals surface area contributed by atoms with E-state index in [-0.39, 0.29) is 5.91 Å². The number of aromatic nitrogens is 1. The van der Waals surface area contributed by atoms with E-state index in [0.29, 0.717) is 24.7 Å². The summed E-state index contributed by atoms with van der Waals surface area (Å²) in [7, 11) is 2.15. The van der Waals surface area contributed by atoms with Gasteiger partial charge in [0.1, 0.15) is 12.3 Å². The second kappa shape index (κ2) is 11.3. The van der Waals surface area contributed by atoms with Crippen LogP contribution in [0.25, 0.3) is 0 Å². The molecule has 2 N–H and O–H groups in total. The van der Waals surface area contributed by atoms with E-state index in [4.69, 9.17) is 0 Å². The molecule has 1 aromatic carbocycles. The van der Waals surface area contributed by atoms with Gasteiger partial charge in [0.2, 0.25) is 0 Å². The van der Waals surface area contributed by atoms with E-state index in [2.05, 4.69) is 27.0 Å². The number of amides is 1. The number of carbonyl (C=O) groups is 2. The predicted octanol–water partition coefficient (Wildman–Crippen LogP) is 3.06. The van der Waals surface area contributed by atoms with Crippen molar-refractivity contribution in [2.75, 3.05) is 26.7 Å². The second-order valence-corrected chi connectivity index (χ2v) is 7.36. The third-order valence-electron chi connectivity index (χ3n) is 4.93. The Hall–Kier alpha value is -2.60. The number of likely N-dealkylation sites (tertiary alicyclic amines) is 1. The molecule has 1 aromatic heterocycles. The quantitative estimate of drug-likeness (QED) is 0.750. The van der Waals surface area contributed by atoms with Crippen molar-refractivity contribution in [3.05, 3.63) is 58.9 Å². The fraction of sp³-hybridized carbons (Fsp3) is 0.455. The van der Waals surface area contributed by atoms with Gasteiger partial charge in [-0.1, -0.05) is 30.3 Å². The molecule has 0 atom stereocenters.